The molecule has 0 saturated carbocycles. The monoisotopic (exact) mass is 241 g/mol. The highest BCUT2D eigenvalue weighted by atomic mass is 16.5. The first kappa shape index (κ1) is 14.1. The second kappa shape index (κ2) is 6.71. The van der Waals surface area contributed by atoms with Crippen molar-refractivity contribution in [2.45, 2.75) is 58.6 Å². The van der Waals surface area contributed by atoms with Crippen LogP contribution in [0, 0.1) is 0 Å². The summed E-state index contributed by atoms with van der Waals surface area (Å²) in [5.41, 5.74) is 5.29. The van der Waals surface area contributed by atoms with E-state index in [0.29, 0.717) is 18.3 Å². The van der Waals surface area contributed by atoms with E-state index in [1.54, 1.807) is 0 Å². The summed E-state index contributed by atoms with van der Waals surface area (Å²) in [7, 11) is 0. The number of ether oxygens (including phenoxy) is 1. The van der Waals surface area contributed by atoms with Crippen molar-refractivity contribution >= 4 is 0 Å². The van der Waals surface area contributed by atoms with E-state index in [4.69, 9.17) is 15.0 Å². The molecular formula is C12H23N3O2. The highest BCUT2D eigenvalue weighted by Crippen LogP contribution is 2.13. The molecule has 2 N–H and O–H groups in total. The van der Waals surface area contributed by atoms with Crippen LogP contribution in [0.2, 0.25) is 0 Å². The Morgan fingerprint density at radius 2 is 2.06 bits per heavy atom. The minimum absolute atomic E-state index is 0.370. The van der Waals surface area contributed by atoms with Crippen LogP contribution in [0.3, 0.4) is 0 Å². The Morgan fingerprint density at radius 1 is 1.29 bits per heavy atom. The molecule has 0 aromatic carbocycles. The van der Waals surface area contributed by atoms with Gasteiger partial charge in [0.05, 0.1) is 5.54 Å². The van der Waals surface area contributed by atoms with E-state index in [1.807, 2.05) is 13.8 Å². The lowest BCUT2D eigenvalue weighted by molar-refractivity contribution is 0.0943. The predicted octanol–water partition coefficient (Wildman–Crippen LogP) is 2.36. The first-order valence-electron chi connectivity index (χ1n) is 6.23. The van der Waals surface area contributed by atoms with Gasteiger partial charge in [-0.2, -0.15) is 4.98 Å². The van der Waals surface area contributed by atoms with Gasteiger partial charge >= 0.3 is 0 Å². The highest BCUT2D eigenvalue weighted by Gasteiger charge is 2.21. The van der Waals surface area contributed by atoms with Gasteiger partial charge in [-0.1, -0.05) is 31.3 Å². The van der Waals surface area contributed by atoms with Gasteiger partial charge in [0.25, 0.3) is 5.89 Å². The molecule has 0 spiro atoms. The zero-order valence-corrected chi connectivity index (χ0v) is 11.0. The van der Waals surface area contributed by atoms with Crippen molar-refractivity contribution in [2.75, 3.05) is 6.61 Å². The Kier molecular flexibility index (Phi) is 5.58. The molecule has 1 rings (SSSR count). The molecule has 5 heteroatoms. The van der Waals surface area contributed by atoms with E-state index < -0.39 is 5.54 Å². The number of hydrogen-bond acceptors (Lipinski definition) is 5. The maximum absolute atomic E-state index is 5.85. The molecule has 5 nitrogen and oxygen atoms in total. The summed E-state index contributed by atoms with van der Waals surface area (Å²) in [4.78, 5) is 4.19. The fourth-order valence-electron chi connectivity index (χ4n) is 1.37. The summed E-state index contributed by atoms with van der Waals surface area (Å²) >= 11 is 0. The average Bonchev–Trinajstić information content (AvgIpc) is 2.71. The second-order valence-electron chi connectivity index (χ2n) is 4.85. The van der Waals surface area contributed by atoms with Crippen LogP contribution in [-0.4, -0.2) is 16.7 Å². The van der Waals surface area contributed by atoms with Gasteiger partial charge < -0.3 is 15.0 Å². The van der Waals surface area contributed by atoms with Gasteiger partial charge in [0.2, 0.25) is 0 Å². The number of rotatable bonds is 8. The molecule has 0 aliphatic carbocycles. The number of hydrogen-bond donors (Lipinski definition) is 1. The Balaban J connectivity index is 2.21. The molecule has 0 saturated heterocycles. The van der Waals surface area contributed by atoms with Crippen molar-refractivity contribution in [3.8, 4) is 0 Å². The molecule has 1 aromatic rings. The van der Waals surface area contributed by atoms with Crippen LogP contribution in [-0.2, 0) is 16.9 Å². The quantitative estimate of drug-likeness (QED) is 0.707. The van der Waals surface area contributed by atoms with Gasteiger partial charge in [-0.05, 0) is 20.3 Å². The lowest BCUT2D eigenvalue weighted by Gasteiger charge is -2.11. The van der Waals surface area contributed by atoms with Crippen LogP contribution >= 0.6 is 0 Å². The molecule has 98 valence electrons. The van der Waals surface area contributed by atoms with Crippen LogP contribution in [0.1, 0.15) is 58.2 Å². The first-order valence-corrected chi connectivity index (χ1v) is 6.23. The van der Waals surface area contributed by atoms with Crippen molar-refractivity contribution in [2.24, 2.45) is 5.73 Å². The summed E-state index contributed by atoms with van der Waals surface area (Å²) in [6.45, 7) is 6.98. The SMILES string of the molecule is CCCCCCOCc1nc(C(C)(C)N)no1. The lowest BCUT2D eigenvalue weighted by Crippen LogP contribution is -2.30. The maximum Gasteiger partial charge on any atom is 0.252 e. The second-order valence-corrected chi connectivity index (χ2v) is 4.85. The largest absolute Gasteiger partial charge is 0.372 e. The molecule has 1 aromatic heterocycles. The Labute approximate surface area is 103 Å². The van der Waals surface area contributed by atoms with E-state index in [9.17, 15) is 0 Å². The number of unbranched alkanes of at least 4 members (excludes halogenated alkanes) is 3. The molecule has 1 heterocycles. The zero-order chi connectivity index (χ0) is 12.7. The fraction of sp³-hybridized carbons (Fsp3) is 0.833. The van der Waals surface area contributed by atoms with E-state index >= 15 is 0 Å². The van der Waals surface area contributed by atoms with E-state index in [0.717, 1.165) is 13.0 Å². The smallest absolute Gasteiger partial charge is 0.252 e. The third kappa shape index (κ3) is 5.28. The van der Waals surface area contributed by atoms with E-state index in [2.05, 4.69) is 17.1 Å². The summed E-state index contributed by atoms with van der Waals surface area (Å²) in [5, 5.41) is 3.82. The number of nitrogens with two attached hydrogens (primary N) is 1. The van der Waals surface area contributed by atoms with E-state index in [-0.39, 0.29) is 0 Å². The van der Waals surface area contributed by atoms with Crippen molar-refractivity contribution in [1.29, 1.82) is 0 Å². The molecule has 0 unspecified atom stereocenters. The molecule has 17 heavy (non-hydrogen) atoms. The normalized spacial score (nSPS) is 12.0. The van der Waals surface area contributed by atoms with Crippen LogP contribution in [0.5, 0.6) is 0 Å². The topological polar surface area (TPSA) is 74.2 Å². The molecule has 0 bridgehead atoms. The number of nitrogens with zero attached hydrogens (tertiary/aromatic N) is 2. The van der Waals surface area contributed by atoms with Crippen LogP contribution in [0.4, 0.5) is 0 Å². The summed E-state index contributed by atoms with van der Waals surface area (Å²) in [5.74, 6) is 1.01. The van der Waals surface area contributed by atoms with Crippen molar-refractivity contribution in [3.05, 3.63) is 11.7 Å². The zero-order valence-electron chi connectivity index (χ0n) is 11.0. The van der Waals surface area contributed by atoms with Crippen molar-refractivity contribution in [3.63, 3.8) is 0 Å². The predicted molar refractivity (Wildman–Crippen MR) is 65.3 cm³/mol. The van der Waals surface area contributed by atoms with Gasteiger partial charge in [-0.3, -0.25) is 0 Å². The number of aromatic nitrogens is 2. The molecule has 0 fully saturated rings. The highest BCUT2D eigenvalue weighted by molar-refractivity contribution is 4.98. The first-order chi connectivity index (χ1) is 8.04. The average molecular weight is 241 g/mol. The van der Waals surface area contributed by atoms with Gasteiger partial charge in [-0.15, -0.1) is 0 Å². The molecule has 0 amide bonds. The van der Waals surface area contributed by atoms with Gasteiger partial charge in [-0.25, -0.2) is 0 Å². The van der Waals surface area contributed by atoms with Crippen molar-refractivity contribution < 1.29 is 9.26 Å². The Bertz CT molecular complexity index is 318. The summed E-state index contributed by atoms with van der Waals surface area (Å²) in [6.07, 6.45) is 4.78. The third-order valence-electron chi connectivity index (χ3n) is 2.41. The third-order valence-corrected chi connectivity index (χ3v) is 2.41. The molecule has 0 aliphatic heterocycles. The Morgan fingerprint density at radius 3 is 2.65 bits per heavy atom. The van der Waals surface area contributed by atoms with Crippen LogP contribution in [0.25, 0.3) is 0 Å². The van der Waals surface area contributed by atoms with Crippen LogP contribution < -0.4 is 5.73 Å². The molecule has 0 atom stereocenters. The Hall–Kier alpha value is -0.940. The van der Waals surface area contributed by atoms with Gasteiger partial charge in [0.1, 0.15) is 6.61 Å². The lowest BCUT2D eigenvalue weighted by atomic mass is 10.1. The van der Waals surface area contributed by atoms with Crippen molar-refractivity contribution in [1.82, 2.24) is 10.1 Å². The van der Waals surface area contributed by atoms with Gasteiger partial charge in [0.15, 0.2) is 5.82 Å². The summed E-state index contributed by atoms with van der Waals surface area (Å²) < 4.78 is 10.5. The molecule has 0 radical (unpaired) electrons. The molecule has 0 aliphatic rings. The maximum atomic E-state index is 5.85. The summed E-state index contributed by atoms with van der Waals surface area (Å²) in [6, 6.07) is 0. The van der Waals surface area contributed by atoms with Gasteiger partial charge in [0, 0.05) is 6.61 Å². The van der Waals surface area contributed by atoms with Crippen LogP contribution in [0.15, 0.2) is 4.52 Å². The standard InChI is InChI=1S/C12H23N3O2/c1-4-5-6-7-8-16-9-10-14-11(15-17-10)12(2,3)13/h4-9,13H2,1-3H3. The minimum atomic E-state index is -0.567. The minimum Gasteiger partial charge on any atom is -0.372 e. The fourth-order valence-corrected chi connectivity index (χ4v) is 1.37. The molecular weight excluding hydrogens is 218 g/mol. The van der Waals surface area contributed by atoms with E-state index in [1.165, 1.54) is 19.3 Å².